The molecule has 0 spiro atoms. The zero-order chi connectivity index (χ0) is 44.4. The zero-order valence-corrected chi connectivity index (χ0v) is 41.4. The third kappa shape index (κ3) is 9.29. The van der Waals surface area contributed by atoms with Gasteiger partial charge in [0.15, 0.2) is 0 Å². The number of nitrogens with one attached hydrogen (secondary N) is 2. The molecule has 2 aromatic heterocycles. The highest BCUT2D eigenvalue weighted by atomic mass is 35.5. The Bertz CT molecular complexity index is 2910. The number of benzene rings is 6. The van der Waals surface area contributed by atoms with Crippen molar-refractivity contribution in [3.63, 3.8) is 0 Å². The number of anilines is 4. The summed E-state index contributed by atoms with van der Waals surface area (Å²) in [6.07, 6.45) is 4.77. The fourth-order valence-electron chi connectivity index (χ4n) is 9.58. The van der Waals surface area contributed by atoms with E-state index in [1.807, 2.05) is 23.5 Å². The van der Waals surface area contributed by atoms with Gasteiger partial charge in [0, 0.05) is 73.0 Å². The van der Waals surface area contributed by atoms with Gasteiger partial charge in [-0.25, -0.2) is 0 Å². The van der Waals surface area contributed by atoms with E-state index in [1.165, 1.54) is 75.8 Å². The smallest absolute Gasteiger partial charge is 0.282 e. The Morgan fingerprint density at radius 2 is 0.794 bits per heavy atom. The Morgan fingerprint density at radius 3 is 1.19 bits per heavy atom. The van der Waals surface area contributed by atoms with Gasteiger partial charge >= 0.3 is 0 Å². The number of hydrogen-bond donors (Lipinski definition) is 2. The fraction of sp³-hybridized carbons (Fsp3) is 0.179. The SMILES string of the molecule is CN1C(=Cc2cc(N3CCNCCN(c4cc(C=C5Sc6ccccc6N5C)c5ccccc5[n+]4-c4ccccc4)CCNCC3)[n+](-c3ccccc3)c3ccccc23)Sc2ccccc21.[Cl-].[Cl-]. The highest BCUT2D eigenvalue weighted by Crippen LogP contribution is 2.47. The molecular weight excluding hydrogens is 920 g/mol. The minimum Gasteiger partial charge on any atom is -1.00 e. The summed E-state index contributed by atoms with van der Waals surface area (Å²) in [6.45, 7) is 6.80. The van der Waals surface area contributed by atoms with Gasteiger partial charge in [0.2, 0.25) is 0 Å². The van der Waals surface area contributed by atoms with Gasteiger partial charge in [0.1, 0.15) is 22.4 Å². The number of aromatic nitrogens is 2. The maximum Gasteiger partial charge on any atom is 0.282 e. The summed E-state index contributed by atoms with van der Waals surface area (Å²) in [4.78, 5) is 12.4. The second kappa shape index (κ2) is 21.1. The molecule has 0 bridgehead atoms. The quantitative estimate of drug-likeness (QED) is 0.242. The van der Waals surface area contributed by atoms with Crippen LogP contribution >= 0.6 is 23.5 Å². The number of fused-ring (bicyclic) bond motifs is 4. The van der Waals surface area contributed by atoms with E-state index in [2.05, 4.69) is 235 Å². The third-order valence-electron chi connectivity index (χ3n) is 13.0. The molecule has 1 saturated heterocycles. The molecule has 0 amide bonds. The van der Waals surface area contributed by atoms with E-state index in [4.69, 9.17) is 0 Å². The van der Waals surface area contributed by atoms with Crippen LogP contribution in [0.1, 0.15) is 11.1 Å². The first kappa shape index (κ1) is 47.1. The Morgan fingerprint density at radius 1 is 0.441 bits per heavy atom. The summed E-state index contributed by atoms with van der Waals surface area (Å²) in [6, 6.07) is 61.7. The van der Waals surface area contributed by atoms with E-state index in [-0.39, 0.29) is 24.8 Å². The van der Waals surface area contributed by atoms with Crippen LogP contribution in [0.5, 0.6) is 0 Å². The van der Waals surface area contributed by atoms with Gasteiger partial charge in [-0.1, -0.05) is 121 Å². The first-order chi connectivity index (χ1) is 32.6. The molecule has 0 atom stereocenters. The predicted octanol–water partition coefficient (Wildman–Crippen LogP) is 4.14. The molecule has 0 radical (unpaired) electrons. The average Bonchev–Trinajstić information content (AvgIpc) is 3.85. The van der Waals surface area contributed by atoms with E-state index in [9.17, 15) is 0 Å². The molecule has 0 unspecified atom stereocenters. The van der Waals surface area contributed by atoms with Crippen LogP contribution in [-0.2, 0) is 0 Å². The van der Waals surface area contributed by atoms with Crippen LogP contribution in [0, 0.1) is 0 Å². The van der Waals surface area contributed by atoms with Crippen LogP contribution in [0.4, 0.5) is 23.0 Å². The minimum atomic E-state index is 0. The summed E-state index contributed by atoms with van der Waals surface area (Å²) in [5.41, 5.74) is 9.65. The molecule has 0 aliphatic carbocycles. The number of halogens is 2. The number of thioether (sulfide) groups is 2. The average molecular weight is 974 g/mol. The molecule has 3 aliphatic heterocycles. The molecule has 0 saturated carbocycles. The topological polar surface area (TPSA) is 44.8 Å². The normalized spacial score (nSPS) is 16.6. The monoisotopic (exact) mass is 972 g/mol. The number of pyridine rings is 2. The van der Waals surface area contributed by atoms with Crippen molar-refractivity contribution in [1.29, 1.82) is 0 Å². The third-order valence-corrected chi connectivity index (χ3v) is 15.3. The molecule has 8 nitrogen and oxygen atoms in total. The van der Waals surface area contributed by atoms with Gasteiger partial charge in [0.25, 0.3) is 11.6 Å². The van der Waals surface area contributed by atoms with Gasteiger partial charge in [-0.05, 0) is 83.9 Å². The lowest BCUT2D eigenvalue weighted by molar-refractivity contribution is -0.554. The van der Waals surface area contributed by atoms with E-state index in [0.717, 1.165) is 63.7 Å². The molecule has 11 rings (SSSR count). The molecule has 8 aromatic rings. The molecule has 12 heteroatoms. The van der Waals surface area contributed by atoms with Crippen LogP contribution in [0.15, 0.2) is 190 Å². The second-order valence-corrected chi connectivity index (χ2v) is 19.1. The summed E-state index contributed by atoms with van der Waals surface area (Å²) >= 11 is 3.69. The highest BCUT2D eigenvalue weighted by molar-refractivity contribution is 8.04. The summed E-state index contributed by atoms with van der Waals surface area (Å²) in [5, 5.41) is 12.7. The lowest BCUT2D eigenvalue weighted by Gasteiger charge is -2.25. The van der Waals surface area contributed by atoms with Crippen molar-refractivity contribution in [2.45, 2.75) is 9.79 Å². The van der Waals surface area contributed by atoms with E-state index in [1.54, 1.807) is 0 Å². The first-order valence-corrected chi connectivity index (χ1v) is 24.6. The van der Waals surface area contributed by atoms with Gasteiger partial charge < -0.3 is 45.2 Å². The van der Waals surface area contributed by atoms with Crippen molar-refractivity contribution < 1.29 is 33.9 Å². The minimum absolute atomic E-state index is 0. The molecule has 3 aliphatic rings. The summed E-state index contributed by atoms with van der Waals surface area (Å²) in [7, 11) is 4.36. The maximum absolute atomic E-state index is 3.91. The molecule has 344 valence electrons. The Hall–Kier alpha value is -5.98. The number of rotatable bonds is 6. The Labute approximate surface area is 420 Å². The molecule has 2 N–H and O–H groups in total. The van der Waals surface area contributed by atoms with Crippen molar-refractivity contribution >= 4 is 80.5 Å². The van der Waals surface area contributed by atoms with Crippen molar-refractivity contribution in [3.05, 3.63) is 191 Å². The Kier molecular flexibility index (Phi) is 14.6. The van der Waals surface area contributed by atoms with Crippen LogP contribution in [0.2, 0.25) is 0 Å². The van der Waals surface area contributed by atoms with Gasteiger partial charge in [0.05, 0.1) is 47.6 Å². The number of nitrogens with zero attached hydrogens (tertiary/aromatic N) is 6. The second-order valence-electron chi connectivity index (χ2n) is 17.0. The lowest BCUT2D eigenvalue weighted by Crippen LogP contribution is -3.00. The van der Waals surface area contributed by atoms with E-state index >= 15 is 0 Å². The van der Waals surface area contributed by atoms with Crippen molar-refractivity contribution in [2.75, 3.05) is 86.1 Å². The van der Waals surface area contributed by atoms with Gasteiger partial charge in [-0.3, -0.25) is 9.80 Å². The summed E-state index contributed by atoms with van der Waals surface area (Å²) < 4.78 is 4.92. The highest BCUT2D eigenvalue weighted by Gasteiger charge is 2.30. The van der Waals surface area contributed by atoms with Crippen LogP contribution in [0.3, 0.4) is 0 Å². The van der Waals surface area contributed by atoms with Crippen molar-refractivity contribution in [3.8, 4) is 11.4 Å². The van der Waals surface area contributed by atoms with Crippen molar-refractivity contribution in [2.24, 2.45) is 0 Å². The molecule has 1 fully saturated rings. The summed E-state index contributed by atoms with van der Waals surface area (Å²) in [5.74, 6) is 2.38. The standard InChI is InChI=1S/C56H54N8S2.2ClH/c1-59-49-25-13-15-27-51(49)65-55(59)39-41-37-53(63(43-17-5-3-6-18-43)47-23-11-9-21-45(41)47)61-33-29-57-31-35-62(36-32-58-30-34-61)54-38-42(40-56-60(2)50-26-14-16-28-52(50)66-56)46-22-10-12-24-48(46)64(54)44-19-7-4-8-20-44;;/h3-28,37-40,57-58H,29-36H2,1-2H3;2*1H/q+2;;/p-2. The van der Waals surface area contributed by atoms with Crippen LogP contribution in [-0.4, -0.2) is 66.5 Å². The van der Waals surface area contributed by atoms with Crippen molar-refractivity contribution in [1.82, 2.24) is 10.6 Å². The first-order valence-electron chi connectivity index (χ1n) is 23.0. The molecule has 68 heavy (non-hydrogen) atoms. The number of para-hydroxylation sites is 6. The van der Waals surface area contributed by atoms with Crippen LogP contribution < -0.4 is 64.2 Å². The fourth-order valence-corrected chi connectivity index (χ4v) is 11.8. The maximum atomic E-state index is 3.91. The molecule has 5 heterocycles. The zero-order valence-electron chi connectivity index (χ0n) is 38.2. The Balaban J connectivity index is 0.00000289. The van der Waals surface area contributed by atoms with Crippen LogP contribution in [0.25, 0.3) is 45.3 Å². The lowest BCUT2D eigenvalue weighted by atomic mass is 10.1. The number of hydrogen-bond acceptors (Lipinski definition) is 8. The largest absolute Gasteiger partial charge is 1.00 e. The predicted molar refractivity (Wildman–Crippen MR) is 278 cm³/mol. The van der Waals surface area contributed by atoms with E-state index in [0.29, 0.717) is 0 Å². The molecule has 6 aromatic carbocycles. The van der Waals surface area contributed by atoms with Gasteiger partial charge in [-0.2, -0.15) is 9.13 Å². The van der Waals surface area contributed by atoms with Gasteiger partial charge in [-0.15, -0.1) is 0 Å². The van der Waals surface area contributed by atoms with E-state index < -0.39 is 0 Å². The molecular formula is C56H54Cl2N8S2.